The quantitative estimate of drug-likeness (QED) is 0.141. The first-order chi connectivity index (χ1) is 7.74. The highest BCUT2D eigenvalue weighted by molar-refractivity contribution is 7.47. The number of hydrogen-bond donors (Lipinski definition) is 5. The minimum absolute atomic E-state index is 0.0266. The van der Waals surface area contributed by atoms with Crippen LogP contribution in [0.4, 0.5) is 0 Å². The second kappa shape index (κ2) is 7.20. The summed E-state index contributed by atoms with van der Waals surface area (Å²) >= 11 is 0. The Morgan fingerprint density at radius 2 is 2.00 bits per heavy atom. The van der Waals surface area contributed by atoms with E-state index in [4.69, 9.17) is 27.2 Å². The molecule has 0 aliphatic rings. The third-order valence-electron chi connectivity index (χ3n) is 1.37. The van der Waals surface area contributed by atoms with Gasteiger partial charge in [-0.2, -0.15) is 0 Å². The highest BCUT2D eigenvalue weighted by Gasteiger charge is 2.24. The fourth-order valence-corrected chi connectivity index (χ4v) is 1.35. The molecule has 0 saturated carbocycles. The van der Waals surface area contributed by atoms with Crippen LogP contribution in [-0.4, -0.2) is 47.7 Å². The molecule has 0 aromatic heterocycles. The van der Waals surface area contributed by atoms with Crippen molar-refractivity contribution >= 4 is 19.8 Å². The Morgan fingerprint density at radius 3 is 2.47 bits per heavy atom. The average molecular weight is 270 g/mol. The van der Waals surface area contributed by atoms with E-state index in [2.05, 4.69) is 14.0 Å². The predicted molar refractivity (Wildman–Crippen MR) is 58.0 cm³/mol. The van der Waals surface area contributed by atoms with Crippen LogP contribution in [0, 0.1) is 0 Å². The second-order valence-electron chi connectivity index (χ2n) is 2.85. The maximum absolute atomic E-state index is 11.1. The van der Waals surface area contributed by atoms with Crippen molar-refractivity contribution in [1.29, 1.82) is 0 Å². The van der Waals surface area contributed by atoms with E-state index in [-0.39, 0.29) is 19.1 Å². The first-order valence-corrected chi connectivity index (χ1v) is 5.90. The van der Waals surface area contributed by atoms with Crippen LogP contribution in [0.3, 0.4) is 0 Å². The third kappa shape index (κ3) is 8.60. The minimum Gasteiger partial charge on any atom is -0.480 e. The van der Waals surface area contributed by atoms with Gasteiger partial charge in [-0.1, -0.05) is 0 Å². The Hall–Kier alpha value is -1.19. The van der Waals surface area contributed by atoms with Gasteiger partial charge >= 0.3 is 13.8 Å². The number of nitrogens with two attached hydrogens (primary N) is 3. The lowest BCUT2D eigenvalue weighted by Gasteiger charge is -2.12. The molecule has 100 valence electrons. The summed E-state index contributed by atoms with van der Waals surface area (Å²) in [5.41, 5.74) is 15.1. The van der Waals surface area contributed by atoms with Crippen LogP contribution in [-0.2, 0) is 18.4 Å². The Balaban J connectivity index is 3.92. The van der Waals surface area contributed by atoms with Crippen LogP contribution in [0.15, 0.2) is 4.99 Å². The minimum atomic E-state index is -4.34. The number of phosphoric ester groups is 1. The number of carboxylic acid groups (broad SMARTS) is 1. The molecule has 11 heteroatoms. The molecular formula is C6H15N4O6P. The third-order valence-corrected chi connectivity index (χ3v) is 2.36. The predicted octanol–water partition coefficient (Wildman–Crippen LogP) is -2.19. The van der Waals surface area contributed by atoms with Gasteiger partial charge in [0.05, 0.1) is 19.8 Å². The number of phosphoric acid groups is 1. The van der Waals surface area contributed by atoms with E-state index in [1.165, 1.54) is 0 Å². The van der Waals surface area contributed by atoms with E-state index in [1.54, 1.807) is 0 Å². The molecule has 2 atom stereocenters. The average Bonchev–Trinajstić information content (AvgIpc) is 2.21. The van der Waals surface area contributed by atoms with Crippen molar-refractivity contribution in [3.05, 3.63) is 0 Å². The normalized spacial score (nSPS) is 15.9. The van der Waals surface area contributed by atoms with Gasteiger partial charge < -0.3 is 27.2 Å². The van der Waals surface area contributed by atoms with Gasteiger partial charge in [0.15, 0.2) is 5.96 Å². The number of carbonyl (C=O) groups is 1. The molecule has 0 fully saturated rings. The van der Waals surface area contributed by atoms with Crippen molar-refractivity contribution in [2.45, 2.75) is 6.04 Å². The van der Waals surface area contributed by atoms with Crippen molar-refractivity contribution in [3.8, 4) is 0 Å². The highest BCUT2D eigenvalue weighted by atomic mass is 31.2. The number of carboxylic acids is 1. The summed E-state index contributed by atoms with van der Waals surface area (Å²) in [6.07, 6.45) is 0. The summed E-state index contributed by atoms with van der Waals surface area (Å²) in [6.45, 7) is -0.930. The first kappa shape index (κ1) is 15.8. The van der Waals surface area contributed by atoms with E-state index >= 15 is 0 Å². The molecule has 0 bridgehead atoms. The van der Waals surface area contributed by atoms with Gasteiger partial charge in [0, 0.05) is 0 Å². The van der Waals surface area contributed by atoms with Crippen molar-refractivity contribution in [1.82, 2.24) is 0 Å². The van der Waals surface area contributed by atoms with Crippen LogP contribution in [0.25, 0.3) is 0 Å². The summed E-state index contributed by atoms with van der Waals surface area (Å²) in [5, 5.41) is 8.39. The van der Waals surface area contributed by atoms with Crippen molar-refractivity contribution < 1.29 is 28.4 Å². The zero-order valence-corrected chi connectivity index (χ0v) is 9.75. The molecular weight excluding hydrogens is 255 g/mol. The molecule has 1 unspecified atom stereocenters. The molecule has 17 heavy (non-hydrogen) atoms. The van der Waals surface area contributed by atoms with Crippen molar-refractivity contribution in [2.24, 2.45) is 22.2 Å². The summed E-state index contributed by atoms with van der Waals surface area (Å²) in [6, 6.07) is -1.41. The molecule has 0 heterocycles. The maximum atomic E-state index is 11.1. The Morgan fingerprint density at radius 1 is 1.41 bits per heavy atom. The molecule has 0 aliphatic heterocycles. The molecule has 8 N–H and O–H groups in total. The van der Waals surface area contributed by atoms with Crippen LogP contribution in [0.2, 0.25) is 0 Å². The topological polar surface area (TPSA) is 183 Å². The van der Waals surface area contributed by atoms with Crippen molar-refractivity contribution in [3.63, 3.8) is 0 Å². The van der Waals surface area contributed by atoms with E-state index in [1.807, 2.05) is 0 Å². The Bertz CT molecular complexity index is 330. The number of aliphatic carboxylic acids is 1. The molecule has 10 nitrogen and oxygen atoms in total. The van der Waals surface area contributed by atoms with E-state index in [0.29, 0.717) is 0 Å². The fourth-order valence-electron chi connectivity index (χ4n) is 0.614. The number of guanidine groups is 1. The molecule has 0 spiro atoms. The molecule has 0 aromatic rings. The van der Waals surface area contributed by atoms with Gasteiger partial charge in [-0.25, -0.2) is 4.57 Å². The Labute approximate surface area is 97.0 Å². The Kier molecular flexibility index (Phi) is 6.69. The van der Waals surface area contributed by atoms with Gasteiger partial charge in [-0.05, 0) is 0 Å². The van der Waals surface area contributed by atoms with Gasteiger partial charge in [0.1, 0.15) is 6.04 Å². The van der Waals surface area contributed by atoms with Crippen LogP contribution in [0.5, 0.6) is 0 Å². The summed E-state index contributed by atoms with van der Waals surface area (Å²) in [5.74, 6) is -1.54. The lowest BCUT2D eigenvalue weighted by molar-refractivity contribution is -0.139. The second-order valence-corrected chi connectivity index (χ2v) is 4.30. The van der Waals surface area contributed by atoms with E-state index < -0.39 is 26.4 Å². The van der Waals surface area contributed by atoms with Crippen LogP contribution < -0.4 is 17.2 Å². The first-order valence-electron chi connectivity index (χ1n) is 4.40. The molecule has 0 aliphatic carbocycles. The lowest BCUT2D eigenvalue weighted by atomic mass is 10.3. The molecule has 0 radical (unpaired) electrons. The molecule has 0 aromatic carbocycles. The zero-order chi connectivity index (χ0) is 13.5. The van der Waals surface area contributed by atoms with Crippen molar-refractivity contribution in [2.75, 3.05) is 19.8 Å². The lowest BCUT2D eigenvalue weighted by Crippen LogP contribution is -2.34. The summed E-state index contributed by atoms with van der Waals surface area (Å²) in [4.78, 5) is 22.8. The number of aliphatic imine (C=N–C) groups is 1. The molecule has 0 rings (SSSR count). The SMILES string of the molecule is NC(N)=NCCOP(=O)(O)OC[C@H](N)C(=O)O. The number of rotatable bonds is 8. The number of nitrogens with zero attached hydrogens (tertiary/aromatic N) is 1. The standard InChI is InChI=1S/C6H15N4O6P/c7-4(5(11)12)3-16-17(13,14)15-2-1-10-6(8)9/h4H,1-3,7H2,(H,11,12)(H,13,14)(H4,8,9,10)/t4-/m0/s1. The summed E-state index contributed by atoms with van der Waals surface area (Å²) in [7, 11) is -4.34. The summed E-state index contributed by atoms with van der Waals surface area (Å²) < 4.78 is 19.9. The smallest absolute Gasteiger partial charge is 0.472 e. The number of hydrogen-bond acceptors (Lipinski definition) is 6. The largest absolute Gasteiger partial charge is 0.480 e. The fraction of sp³-hybridized carbons (Fsp3) is 0.667. The van der Waals surface area contributed by atoms with Gasteiger partial charge in [0.25, 0.3) is 0 Å². The molecule has 0 amide bonds. The van der Waals surface area contributed by atoms with Gasteiger partial charge in [-0.15, -0.1) is 0 Å². The van der Waals surface area contributed by atoms with Crippen LogP contribution >= 0.6 is 7.82 Å². The molecule has 0 saturated heterocycles. The van der Waals surface area contributed by atoms with Gasteiger partial charge in [0.2, 0.25) is 0 Å². The van der Waals surface area contributed by atoms with E-state index in [0.717, 1.165) is 0 Å². The highest BCUT2D eigenvalue weighted by Crippen LogP contribution is 2.42. The van der Waals surface area contributed by atoms with E-state index in [9.17, 15) is 9.36 Å². The monoisotopic (exact) mass is 270 g/mol. The van der Waals surface area contributed by atoms with Gasteiger partial charge in [-0.3, -0.25) is 18.8 Å². The van der Waals surface area contributed by atoms with Crippen LogP contribution in [0.1, 0.15) is 0 Å². The maximum Gasteiger partial charge on any atom is 0.472 e. The zero-order valence-electron chi connectivity index (χ0n) is 8.85.